The maximum atomic E-state index is 13.5. The molecule has 0 atom stereocenters. The molecule has 1 aliphatic rings. The number of hydrogen-bond donors (Lipinski definition) is 2. The van der Waals surface area contributed by atoms with Crippen LogP contribution in [-0.2, 0) is 0 Å². The van der Waals surface area contributed by atoms with Crippen LogP contribution in [0.25, 0.3) is 0 Å². The summed E-state index contributed by atoms with van der Waals surface area (Å²) in [4.78, 5) is 14.1. The van der Waals surface area contributed by atoms with Gasteiger partial charge in [0.05, 0.1) is 5.56 Å². The molecule has 0 aromatic heterocycles. The van der Waals surface area contributed by atoms with Gasteiger partial charge in [-0.05, 0) is 18.2 Å². The molecule has 104 valence electrons. The van der Waals surface area contributed by atoms with Crippen molar-refractivity contribution in [2.75, 3.05) is 39.3 Å². The predicted octanol–water partition coefficient (Wildman–Crippen LogP) is 1.22. The normalized spacial score (nSPS) is 16.3. The molecule has 0 unspecified atom stereocenters. The van der Waals surface area contributed by atoms with Gasteiger partial charge in [0.2, 0.25) is 0 Å². The van der Waals surface area contributed by atoms with Crippen molar-refractivity contribution in [3.8, 4) is 0 Å². The van der Waals surface area contributed by atoms with Crippen LogP contribution in [-0.4, -0.2) is 50.1 Å². The van der Waals surface area contributed by atoms with E-state index in [0.717, 1.165) is 32.7 Å². The van der Waals surface area contributed by atoms with Gasteiger partial charge in [-0.15, -0.1) is 0 Å². The Labute approximate surface area is 120 Å². The summed E-state index contributed by atoms with van der Waals surface area (Å²) in [5, 5.41) is 6.02. The lowest BCUT2D eigenvalue weighted by Crippen LogP contribution is -2.46. The fraction of sp³-hybridized carbons (Fsp3) is 0.462. The van der Waals surface area contributed by atoms with Crippen LogP contribution in [0.4, 0.5) is 4.39 Å². The molecule has 0 spiro atoms. The van der Waals surface area contributed by atoms with Crippen LogP contribution in [0.5, 0.6) is 0 Å². The summed E-state index contributed by atoms with van der Waals surface area (Å²) < 4.78 is 14.2. The number of piperazine rings is 1. The first-order valence-corrected chi connectivity index (χ1v) is 7.12. The molecule has 1 heterocycles. The van der Waals surface area contributed by atoms with E-state index in [-0.39, 0.29) is 11.5 Å². The zero-order valence-corrected chi connectivity index (χ0v) is 12.2. The van der Waals surface area contributed by atoms with Crippen LogP contribution in [0, 0.1) is 5.82 Å². The van der Waals surface area contributed by atoms with Gasteiger partial charge in [-0.2, -0.15) is 0 Å². The highest BCUT2D eigenvalue weighted by Gasteiger charge is 2.13. The fourth-order valence-corrected chi connectivity index (χ4v) is 2.39. The van der Waals surface area contributed by atoms with Crippen LogP contribution in [0.3, 0.4) is 0 Å². The third-order valence-electron chi connectivity index (χ3n) is 3.10. The largest absolute Gasteiger partial charge is 0.351 e. The first-order chi connectivity index (χ1) is 9.16. The Bertz CT molecular complexity index is 450. The van der Waals surface area contributed by atoms with Crippen molar-refractivity contribution in [2.24, 2.45) is 0 Å². The minimum absolute atomic E-state index is 0.0784. The van der Waals surface area contributed by atoms with Gasteiger partial charge in [-0.3, -0.25) is 9.69 Å². The van der Waals surface area contributed by atoms with Gasteiger partial charge in [0.15, 0.2) is 0 Å². The number of carbonyl (C=O) groups is 1. The Morgan fingerprint density at radius 2 is 2.16 bits per heavy atom. The molecular weight excluding hydrogens is 313 g/mol. The highest BCUT2D eigenvalue weighted by atomic mass is 79.9. The van der Waals surface area contributed by atoms with Gasteiger partial charge in [-0.25, -0.2) is 4.39 Å². The number of hydrogen-bond acceptors (Lipinski definition) is 3. The summed E-state index contributed by atoms with van der Waals surface area (Å²) in [6.07, 6.45) is 0. The first-order valence-electron chi connectivity index (χ1n) is 6.33. The van der Waals surface area contributed by atoms with Crippen molar-refractivity contribution < 1.29 is 9.18 Å². The molecule has 2 rings (SSSR count). The standard InChI is InChI=1S/C13H17BrFN3O/c14-10-1-2-12(15)11(9-10)13(19)17-5-8-18-6-3-16-4-7-18/h1-2,9,16H,3-8H2,(H,17,19). The molecule has 1 aromatic carbocycles. The zero-order chi connectivity index (χ0) is 13.7. The molecule has 1 aliphatic heterocycles. The average Bonchev–Trinajstić information content (AvgIpc) is 2.42. The number of halogens is 2. The molecule has 1 fully saturated rings. The lowest BCUT2D eigenvalue weighted by molar-refractivity contribution is 0.0943. The third-order valence-corrected chi connectivity index (χ3v) is 3.59. The smallest absolute Gasteiger partial charge is 0.254 e. The van der Waals surface area contributed by atoms with Crippen molar-refractivity contribution in [1.82, 2.24) is 15.5 Å². The van der Waals surface area contributed by atoms with E-state index in [1.54, 1.807) is 6.07 Å². The number of amides is 1. The summed E-state index contributed by atoms with van der Waals surface area (Å²) >= 11 is 3.23. The topological polar surface area (TPSA) is 44.4 Å². The number of nitrogens with one attached hydrogen (secondary N) is 2. The predicted molar refractivity (Wildman–Crippen MR) is 75.7 cm³/mol. The Balaban J connectivity index is 1.82. The number of nitrogens with zero attached hydrogens (tertiary/aromatic N) is 1. The second-order valence-electron chi connectivity index (χ2n) is 4.47. The molecule has 6 heteroatoms. The van der Waals surface area contributed by atoms with Crippen molar-refractivity contribution >= 4 is 21.8 Å². The SMILES string of the molecule is O=C(NCCN1CCNCC1)c1cc(Br)ccc1F. The van der Waals surface area contributed by atoms with Crippen LogP contribution in [0.2, 0.25) is 0 Å². The minimum Gasteiger partial charge on any atom is -0.351 e. The quantitative estimate of drug-likeness (QED) is 0.873. The van der Waals surface area contributed by atoms with E-state index in [4.69, 9.17) is 0 Å². The maximum absolute atomic E-state index is 13.5. The first kappa shape index (κ1) is 14.4. The summed E-state index contributed by atoms with van der Waals surface area (Å²) in [6.45, 7) is 5.26. The highest BCUT2D eigenvalue weighted by Crippen LogP contribution is 2.15. The maximum Gasteiger partial charge on any atom is 0.254 e. The fourth-order valence-electron chi connectivity index (χ4n) is 2.03. The lowest BCUT2D eigenvalue weighted by Gasteiger charge is -2.27. The molecule has 0 aliphatic carbocycles. The van der Waals surface area contributed by atoms with Gasteiger partial charge in [0.1, 0.15) is 5.82 Å². The van der Waals surface area contributed by atoms with Crippen LogP contribution in [0.15, 0.2) is 22.7 Å². The average molecular weight is 330 g/mol. The van der Waals surface area contributed by atoms with E-state index in [0.29, 0.717) is 11.0 Å². The molecule has 19 heavy (non-hydrogen) atoms. The molecule has 1 aromatic rings. The molecule has 2 N–H and O–H groups in total. The van der Waals surface area contributed by atoms with Crippen molar-refractivity contribution in [3.63, 3.8) is 0 Å². The highest BCUT2D eigenvalue weighted by molar-refractivity contribution is 9.10. The number of benzene rings is 1. The van der Waals surface area contributed by atoms with Crippen LogP contribution >= 0.6 is 15.9 Å². The Morgan fingerprint density at radius 1 is 1.42 bits per heavy atom. The van der Waals surface area contributed by atoms with Gasteiger partial charge in [0.25, 0.3) is 5.91 Å². The summed E-state index contributed by atoms with van der Waals surface area (Å²) in [7, 11) is 0. The lowest BCUT2D eigenvalue weighted by atomic mass is 10.2. The zero-order valence-electron chi connectivity index (χ0n) is 10.6. The van der Waals surface area contributed by atoms with E-state index >= 15 is 0 Å². The monoisotopic (exact) mass is 329 g/mol. The molecule has 1 saturated heterocycles. The van der Waals surface area contributed by atoms with E-state index in [9.17, 15) is 9.18 Å². The second kappa shape index (κ2) is 6.98. The summed E-state index contributed by atoms with van der Waals surface area (Å²) in [5.74, 6) is -0.864. The third kappa shape index (κ3) is 4.26. The van der Waals surface area contributed by atoms with E-state index < -0.39 is 5.82 Å². The van der Waals surface area contributed by atoms with Crippen LogP contribution < -0.4 is 10.6 Å². The second-order valence-corrected chi connectivity index (χ2v) is 5.39. The minimum atomic E-state index is -0.497. The van der Waals surface area contributed by atoms with Gasteiger partial charge < -0.3 is 10.6 Å². The van der Waals surface area contributed by atoms with Gasteiger partial charge in [-0.1, -0.05) is 15.9 Å². The van der Waals surface area contributed by atoms with Gasteiger partial charge in [0, 0.05) is 43.7 Å². The van der Waals surface area contributed by atoms with E-state index in [2.05, 4.69) is 31.5 Å². The van der Waals surface area contributed by atoms with Crippen molar-refractivity contribution in [3.05, 3.63) is 34.1 Å². The Kier molecular flexibility index (Phi) is 5.30. The van der Waals surface area contributed by atoms with Crippen molar-refractivity contribution in [1.29, 1.82) is 0 Å². The molecule has 1 amide bonds. The molecule has 0 radical (unpaired) electrons. The van der Waals surface area contributed by atoms with E-state index in [1.165, 1.54) is 12.1 Å². The number of carbonyl (C=O) groups excluding carboxylic acids is 1. The number of rotatable bonds is 4. The van der Waals surface area contributed by atoms with Crippen LogP contribution in [0.1, 0.15) is 10.4 Å². The van der Waals surface area contributed by atoms with E-state index in [1.807, 2.05) is 0 Å². The Morgan fingerprint density at radius 3 is 2.89 bits per heavy atom. The Hall–Kier alpha value is -0.980. The molecule has 0 bridgehead atoms. The van der Waals surface area contributed by atoms with Crippen molar-refractivity contribution in [2.45, 2.75) is 0 Å². The molecule has 4 nitrogen and oxygen atoms in total. The van der Waals surface area contributed by atoms with Gasteiger partial charge >= 0.3 is 0 Å². The summed E-state index contributed by atoms with van der Waals surface area (Å²) in [6, 6.07) is 4.36. The summed E-state index contributed by atoms with van der Waals surface area (Å²) in [5.41, 5.74) is 0.0784. The molecular formula is C13H17BrFN3O. The molecule has 0 saturated carbocycles.